The fourth-order valence-electron chi connectivity index (χ4n) is 4.71. The molecule has 2 N–H and O–H groups in total. The molecule has 8 nitrogen and oxygen atoms in total. The summed E-state index contributed by atoms with van der Waals surface area (Å²) in [5, 5.41) is 6.92. The van der Waals surface area contributed by atoms with Gasteiger partial charge in [0.1, 0.15) is 0 Å². The van der Waals surface area contributed by atoms with Gasteiger partial charge in [-0.1, -0.05) is 30.3 Å². The average molecular weight is 526 g/mol. The van der Waals surface area contributed by atoms with Gasteiger partial charge in [-0.15, -0.1) is 0 Å². The molecule has 3 heterocycles. The van der Waals surface area contributed by atoms with Crippen molar-refractivity contribution in [3.8, 4) is 5.69 Å². The molecule has 1 aliphatic rings. The minimum Gasteiger partial charge on any atom is -0.465 e. The molecule has 9 heteroatoms. The smallest absolute Gasteiger partial charge is 0.337 e. The van der Waals surface area contributed by atoms with Crippen LogP contribution in [0.3, 0.4) is 0 Å². The predicted octanol–water partition coefficient (Wildman–Crippen LogP) is 4.66. The van der Waals surface area contributed by atoms with E-state index >= 15 is 0 Å². The Labute approximate surface area is 226 Å². The first kappa shape index (κ1) is 25.2. The Kier molecular flexibility index (Phi) is 7.46. The first-order valence-electron chi connectivity index (χ1n) is 12.2. The van der Waals surface area contributed by atoms with Crippen LogP contribution in [0.5, 0.6) is 0 Å². The van der Waals surface area contributed by atoms with Gasteiger partial charge in [0.15, 0.2) is 5.11 Å². The third-order valence-electron chi connectivity index (χ3n) is 6.46. The molecule has 1 fully saturated rings. The van der Waals surface area contributed by atoms with Crippen LogP contribution in [0.2, 0.25) is 0 Å². The van der Waals surface area contributed by atoms with E-state index in [4.69, 9.17) is 17.0 Å². The summed E-state index contributed by atoms with van der Waals surface area (Å²) in [6, 6.07) is 25.9. The van der Waals surface area contributed by atoms with Gasteiger partial charge in [0, 0.05) is 42.4 Å². The van der Waals surface area contributed by atoms with Crippen molar-refractivity contribution in [2.24, 2.45) is 0 Å². The van der Waals surface area contributed by atoms with Crippen LogP contribution in [0.1, 0.15) is 40.3 Å². The first-order valence-corrected chi connectivity index (χ1v) is 12.6. The number of thiocarbonyl (C=S) groups is 1. The molecular weight excluding hydrogens is 498 g/mol. The maximum atomic E-state index is 12.8. The number of nitrogens with one attached hydrogen (secondary N) is 2. The fourth-order valence-corrected chi connectivity index (χ4v) is 5.04. The van der Waals surface area contributed by atoms with E-state index in [-0.39, 0.29) is 24.4 Å². The first-order chi connectivity index (χ1) is 18.5. The van der Waals surface area contributed by atoms with Gasteiger partial charge in [-0.3, -0.25) is 9.78 Å². The molecule has 0 bridgehead atoms. The van der Waals surface area contributed by atoms with Crippen LogP contribution in [-0.4, -0.2) is 45.1 Å². The minimum absolute atomic E-state index is 0.0970. The van der Waals surface area contributed by atoms with Crippen LogP contribution in [0, 0.1) is 0 Å². The third-order valence-corrected chi connectivity index (χ3v) is 6.82. The Morgan fingerprint density at radius 3 is 2.61 bits per heavy atom. The van der Waals surface area contributed by atoms with Crippen LogP contribution in [0.4, 0.5) is 5.69 Å². The molecule has 38 heavy (non-hydrogen) atoms. The van der Waals surface area contributed by atoms with Crippen molar-refractivity contribution in [2.45, 2.75) is 18.5 Å². The van der Waals surface area contributed by atoms with Gasteiger partial charge in [0.05, 0.1) is 30.5 Å². The number of carbonyl (C=O) groups excluding carboxylic acids is 2. The van der Waals surface area contributed by atoms with Crippen molar-refractivity contribution in [3.63, 3.8) is 0 Å². The van der Waals surface area contributed by atoms with Crippen LogP contribution in [0.15, 0.2) is 97.3 Å². The third kappa shape index (κ3) is 5.28. The number of nitrogens with zero attached hydrogens (tertiary/aromatic N) is 3. The number of aromatic nitrogens is 2. The zero-order valence-corrected chi connectivity index (χ0v) is 21.6. The summed E-state index contributed by atoms with van der Waals surface area (Å²) in [6.45, 7) is 0.409. The number of methoxy groups -OCH3 is 1. The highest BCUT2D eigenvalue weighted by atomic mass is 32.1. The molecule has 0 aliphatic carbocycles. The molecule has 1 aliphatic heterocycles. The Morgan fingerprint density at radius 1 is 1.03 bits per heavy atom. The highest BCUT2D eigenvalue weighted by Crippen LogP contribution is 2.39. The number of ether oxygens (including phenoxy) is 1. The summed E-state index contributed by atoms with van der Waals surface area (Å²) < 4.78 is 6.94. The molecule has 2 aromatic carbocycles. The summed E-state index contributed by atoms with van der Waals surface area (Å²) in [5.74, 6) is -0.498. The number of para-hydroxylation sites is 1. The molecule has 0 saturated carbocycles. The number of esters is 1. The maximum Gasteiger partial charge on any atom is 0.337 e. The van der Waals surface area contributed by atoms with E-state index in [0.29, 0.717) is 17.2 Å². The highest BCUT2D eigenvalue weighted by Gasteiger charge is 2.41. The molecule has 5 rings (SSSR count). The predicted molar refractivity (Wildman–Crippen MR) is 149 cm³/mol. The standard InChI is InChI=1S/C29H27N5O3S/c1-37-28(36)20-9-7-12-22(19-20)33-17-8-14-24(33)27-26(23-13-5-6-16-30-23)32-29(38)34(27)18-15-25(35)31-21-10-3-2-4-11-21/h2-14,16-17,19,26-27H,15,18H2,1H3,(H,31,35)(H,32,38)/t26-,27-/m0/s1. The Balaban J connectivity index is 1.47. The van der Waals surface area contributed by atoms with Gasteiger partial charge < -0.3 is 24.8 Å². The second kappa shape index (κ2) is 11.3. The van der Waals surface area contributed by atoms with Gasteiger partial charge >= 0.3 is 5.97 Å². The number of pyridine rings is 1. The fraction of sp³-hybridized carbons (Fsp3) is 0.172. The topological polar surface area (TPSA) is 88.5 Å². The lowest BCUT2D eigenvalue weighted by atomic mass is 10.0. The molecule has 4 aromatic rings. The number of anilines is 1. The van der Waals surface area contributed by atoms with Crippen LogP contribution in [-0.2, 0) is 9.53 Å². The van der Waals surface area contributed by atoms with E-state index in [9.17, 15) is 9.59 Å². The lowest BCUT2D eigenvalue weighted by Crippen LogP contribution is -2.33. The van der Waals surface area contributed by atoms with E-state index in [0.717, 1.165) is 22.8 Å². The zero-order valence-electron chi connectivity index (χ0n) is 20.8. The summed E-state index contributed by atoms with van der Waals surface area (Å²) in [4.78, 5) is 31.6. The quantitative estimate of drug-likeness (QED) is 0.256. The number of amides is 1. The summed E-state index contributed by atoms with van der Waals surface area (Å²) in [6.07, 6.45) is 3.95. The lowest BCUT2D eigenvalue weighted by Gasteiger charge is -2.29. The van der Waals surface area contributed by atoms with E-state index in [1.165, 1.54) is 7.11 Å². The molecule has 2 atom stereocenters. The largest absolute Gasteiger partial charge is 0.465 e. The van der Waals surface area contributed by atoms with Crippen LogP contribution >= 0.6 is 12.2 Å². The highest BCUT2D eigenvalue weighted by molar-refractivity contribution is 7.80. The number of rotatable bonds is 8. The normalized spacial score (nSPS) is 16.7. The van der Waals surface area contributed by atoms with Gasteiger partial charge in [-0.2, -0.15) is 0 Å². The van der Waals surface area contributed by atoms with Crippen molar-refractivity contribution in [1.82, 2.24) is 19.8 Å². The Hall–Kier alpha value is -4.50. The number of hydrogen-bond donors (Lipinski definition) is 2. The molecule has 0 unspecified atom stereocenters. The molecular formula is C29H27N5O3S. The molecule has 0 radical (unpaired) electrons. The van der Waals surface area contributed by atoms with Crippen molar-refractivity contribution in [1.29, 1.82) is 0 Å². The van der Waals surface area contributed by atoms with Crippen molar-refractivity contribution < 1.29 is 14.3 Å². The van der Waals surface area contributed by atoms with Crippen LogP contribution in [0.25, 0.3) is 5.69 Å². The molecule has 1 saturated heterocycles. The second-order valence-corrected chi connectivity index (χ2v) is 9.22. The van der Waals surface area contributed by atoms with Gasteiger partial charge in [-0.25, -0.2) is 4.79 Å². The lowest BCUT2D eigenvalue weighted by molar-refractivity contribution is -0.116. The van der Waals surface area contributed by atoms with Crippen LogP contribution < -0.4 is 10.6 Å². The number of hydrogen-bond acceptors (Lipinski definition) is 5. The molecule has 2 aromatic heterocycles. The average Bonchev–Trinajstić information content (AvgIpc) is 3.56. The van der Waals surface area contributed by atoms with E-state index in [1.54, 1.807) is 18.3 Å². The Bertz CT molecular complexity index is 1440. The molecule has 0 spiro atoms. The van der Waals surface area contributed by atoms with E-state index in [2.05, 4.69) is 15.6 Å². The van der Waals surface area contributed by atoms with Crippen molar-refractivity contribution >= 4 is 34.9 Å². The Morgan fingerprint density at radius 2 is 1.84 bits per heavy atom. The zero-order chi connectivity index (χ0) is 26.5. The van der Waals surface area contributed by atoms with Gasteiger partial charge in [0.2, 0.25) is 5.91 Å². The summed E-state index contributed by atoms with van der Waals surface area (Å²) in [7, 11) is 1.37. The minimum atomic E-state index is -0.401. The maximum absolute atomic E-state index is 12.8. The van der Waals surface area contributed by atoms with E-state index < -0.39 is 5.97 Å². The number of carbonyl (C=O) groups is 2. The monoisotopic (exact) mass is 525 g/mol. The molecule has 192 valence electrons. The van der Waals surface area contributed by atoms with Crippen molar-refractivity contribution in [3.05, 3.63) is 114 Å². The van der Waals surface area contributed by atoms with Gasteiger partial charge in [-0.05, 0) is 66.8 Å². The molecule has 1 amide bonds. The van der Waals surface area contributed by atoms with Gasteiger partial charge in [0.25, 0.3) is 0 Å². The van der Waals surface area contributed by atoms with Crippen molar-refractivity contribution in [2.75, 3.05) is 19.0 Å². The SMILES string of the molecule is COC(=O)c1cccc(-n2cccc2[C@H]2[C@H](c3ccccn3)NC(=S)N2CCC(=O)Nc2ccccc2)c1. The van der Waals surface area contributed by atoms with E-state index in [1.807, 2.05) is 88.5 Å². The summed E-state index contributed by atoms with van der Waals surface area (Å²) >= 11 is 5.77. The second-order valence-electron chi connectivity index (χ2n) is 8.83. The number of benzene rings is 2. The summed E-state index contributed by atoms with van der Waals surface area (Å²) in [5.41, 5.74) is 3.81.